The summed E-state index contributed by atoms with van der Waals surface area (Å²) < 4.78 is 14.4. The van der Waals surface area contributed by atoms with Crippen molar-refractivity contribution in [3.8, 4) is 6.07 Å². The van der Waals surface area contributed by atoms with E-state index in [9.17, 15) is 9.65 Å². The normalized spacial score (nSPS) is 11.4. The second kappa shape index (κ2) is 9.09. The zero-order valence-electron chi connectivity index (χ0n) is 18.1. The Kier molecular flexibility index (Phi) is 6.38. The van der Waals surface area contributed by atoms with Crippen LogP contribution < -0.4 is 16.0 Å². The Morgan fingerprint density at radius 3 is 2.67 bits per heavy atom. The lowest BCUT2D eigenvalue weighted by atomic mass is 10.1. The molecular formula is C22H20BrClFN7Si. The van der Waals surface area contributed by atoms with Crippen molar-refractivity contribution in [1.29, 1.82) is 5.26 Å². The minimum absolute atomic E-state index is 0.00813. The summed E-state index contributed by atoms with van der Waals surface area (Å²) in [5.74, 6) is -0.512. The van der Waals surface area contributed by atoms with Gasteiger partial charge in [0.1, 0.15) is 25.7 Å². The minimum atomic E-state index is -1.64. The van der Waals surface area contributed by atoms with E-state index in [4.69, 9.17) is 11.6 Å². The van der Waals surface area contributed by atoms with Crippen molar-refractivity contribution in [2.24, 2.45) is 0 Å². The van der Waals surface area contributed by atoms with Crippen LogP contribution >= 0.6 is 27.5 Å². The first kappa shape index (κ1) is 23.2. The van der Waals surface area contributed by atoms with Crippen molar-refractivity contribution >= 4 is 68.9 Å². The molecule has 0 saturated carbocycles. The van der Waals surface area contributed by atoms with Gasteiger partial charge >= 0.3 is 0 Å². The molecule has 0 bridgehead atoms. The van der Waals surface area contributed by atoms with Crippen LogP contribution in [0, 0.1) is 17.1 Å². The number of nitriles is 1. The predicted molar refractivity (Wildman–Crippen MR) is 136 cm³/mol. The summed E-state index contributed by atoms with van der Waals surface area (Å²) in [6.45, 7) is 7.15. The number of anilines is 3. The van der Waals surface area contributed by atoms with Crippen molar-refractivity contribution < 1.29 is 4.39 Å². The number of fused-ring (bicyclic) bond motifs is 1. The van der Waals surface area contributed by atoms with Gasteiger partial charge in [-0.2, -0.15) is 20.7 Å². The molecule has 0 unspecified atom stereocenters. The van der Waals surface area contributed by atoms with Gasteiger partial charge in [-0.25, -0.2) is 4.39 Å². The number of hydrogen-bond acceptors (Lipinski definition) is 6. The summed E-state index contributed by atoms with van der Waals surface area (Å²) in [6.07, 6.45) is 1.50. The Morgan fingerprint density at radius 2 is 1.97 bits per heavy atom. The molecule has 0 atom stereocenters. The van der Waals surface area contributed by atoms with Crippen LogP contribution in [0.5, 0.6) is 0 Å². The average molecular weight is 545 g/mol. The fraction of sp³-hybridized carbons (Fsp3) is 0.182. The van der Waals surface area contributed by atoms with Crippen molar-refractivity contribution in [2.75, 3.05) is 10.6 Å². The number of aromatic nitrogens is 4. The van der Waals surface area contributed by atoms with E-state index in [1.165, 1.54) is 18.3 Å². The maximum atomic E-state index is 13.6. The molecule has 2 heterocycles. The van der Waals surface area contributed by atoms with Crippen molar-refractivity contribution in [1.82, 2.24) is 20.4 Å². The predicted octanol–water partition coefficient (Wildman–Crippen LogP) is 5.68. The van der Waals surface area contributed by atoms with Gasteiger partial charge in [-0.15, -0.1) is 0 Å². The van der Waals surface area contributed by atoms with Crippen LogP contribution in [0.15, 0.2) is 41.0 Å². The van der Waals surface area contributed by atoms with Gasteiger partial charge in [0.2, 0.25) is 0 Å². The minimum Gasteiger partial charge on any atom is -0.379 e. The number of rotatable bonds is 6. The number of aromatic amines is 1. The molecule has 7 nitrogen and oxygen atoms in total. The Balaban J connectivity index is 1.73. The second-order valence-corrected chi connectivity index (χ2v) is 14.7. The largest absolute Gasteiger partial charge is 0.379 e. The number of hydrogen-bond donors (Lipinski definition) is 3. The van der Waals surface area contributed by atoms with Gasteiger partial charge in [-0.05, 0) is 46.3 Å². The number of nitrogens with one attached hydrogen (secondary N) is 3. The van der Waals surface area contributed by atoms with Gasteiger partial charge in [0.15, 0.2) is 0 Å². The molecule has 0 fully saturated rings. The van der Waals surface area contributed by atoms with Crippen molar-refractivity contribution in [2.45, 2.75) is 26.2 Å². The van der Waals surface area contributed by atoms with Gasteiger partial charge in [0.25, 0.3) is 0 Å². The fourth-order valence-corrected chi connectivity index (χ4v) is 5.60. The highest BCUT2D eigenvalue weighted by atomic mass is 79.9. The summed E-state index contributed by atoms with van der Waals surface area (Å²) in [7, 11) is -1.64. The van der Waals surface area contributed by atoms with Gasteiger partial charge in [-0.3, -0.25) is 4.98 Å². The second-order valence-electron chi connectivity index (χ2n) is 8.49. The van der Waals surface area contributed by atoms with Crippen LogP contribution in [0.3, 0.4) is 0 Å². The third kappa shape index (κ3) is 4.85. The maximum Gasteiger partial charge on any atom is 0.141 e. The molecule has 2 aromatic carbocycles. The first-order valence-electron chi connectivity index (χ1n) is 10.1. The fourth-order valence-electron chi connectivity index (χ4n) is 3.46. The van der Waals surface area contributed by atoms with Crippen LogP contribution in [0.25, 0.3) is 10.9 Å². The molecule has 33 heavy (non-hydrogen) atoms. The van der Waals surface area contributed by atoms with Crippen LogP contribution in [0.4, 0.5) is 21.5 Å². The molecule has 4 rings (SSSR count). The Labute approximate surface area is 204 Å². The zero-order valence-corrected chi connectivity index (χ0v) is 21.4. The quantitative estimate of drug-likeness (QED) is 0.270. The highest BCUT2D eigenvalue weighted by Crippen LogP contribution is 2.35. The molecule has 3 N–H and O–H groups in total. The number of pyridine rings is 1. The van der Waals surface area contributed by atoms with Crippen molar-refractivity contribution in [3.05, 3.63) is 63.1 Å². The van der Waals surface area contributed by atoms with E-state index in [0.717, 1.165) is 26.6 Å². The first-order valence-corrected chi connectivity index (χ1v) is 14.7. The molecule has 0 saturated heterocycles. The molecule has 0 aliphatic carbocycles. The van der Waals surface area contributed by atoms with Crippen LogP contribution in [0.2, 0.25) is 24.7 Å². The topological polar surface area (TPSA) is 102 Å². The van der Waals surface area contributed by atoms with Gasteiger partial charge in [0, 0.05) is 27.4 Å². The maximum absolute atomic E-state index is 13.6. The molecule has 11 heteroatoms. The zero-order chi connectivity index (χ0) is 23.8. The molecule has 2 aromatic heterocycles. The molecule has 168 valence electrons. The number of nitrogens with zero attached hydrogens (tertiary/aromatic N) is 4. The standard InChI is InChI=1S/C22H20BrClFN7Si/c1-33(2,3)22-19(30-32-31-22)11-27-14-6-15-20(29-13-4-5-18(25)17(24)8-13)12(9-26)10-28-21(15)16(23)7-14/h4-8,10,27H,11H2,1-3H3,(H,28,29)(H,30,31,32). The van der Waals surface area contributed by atoms with Gasteiger partial charge in [0.05, 0.1) is 33.7 Å². The van der Waals surface area contributed by atoms with E-state index >= 15 is 0 Å². The SMILES string of the molecule is C[Si](C)(C)c1n[nH]nc1CNc1cc(Br)c2ncc(C#N)c(Nc3ccc(F)c(Cl)c3)c2c1. The molecule has 0 radical (unpaired) electrons. The summed E-state index contributed by atoms with van der Waals surface area (Å²) in [5, 5.41) is 29.4. The van der Waals surface area contributed by atoms with E-state index in [2.05, 4.69) is 72.7 Å². The summed E-state index contributed by atoms with van der Waals surface area (Å²) in [6, 6.07) is 10.3. The lowest BCUT2D eigenvalue weighted by Crippen LogP contribution is -2.41. The average Bonchev–Trinajstić information content (AvgIpc) is 3.25. The highest BCUT2D eigenvalue weighted by molar-refractivity contribution is 9.10. The Bertz CT molecular complexity index is 1390. The van der Waals surface area contributed by atoms with Crippen LogP contribution in [-0.2, 0) is 6.54 Å². The molecule has 0 aliphatic heterocycles. The van der Waals surface area contributed by atoms with E-state index < -0.39 is 13.9 Å². The number of H-pyrrole nitrogens is 1. The number of benzene rings is 2. The summed E-state index contributed by atoms with van der Waals surface area (Å²) in [5.41, 5.74) is 3.84. The van der Waals surface area contributed by atoms with E-state index in [0.29, 0.717) is 29.0 Å². The lowest BCUT2D eigenvalue weighted by Gasteiger charge is -2.16. The summed E-state index contributed by atoms with van der Waals surface area (Å²) >= 11 is 9.53. The molecular weight excluding hydrogens is 525 g/mol. The van der Waals surface area contributed by atoms with Crippen molar-refractivity contribution in [3.63, 3.8) is 0 Å². The van der Waals surface area contributed by atoms with Gasteiger partial charge < -0.3 is 10.6 Å². The highest BCUT2D eigenvalue weighted by Gasteiger charge is 2.24. The van der Waals surface area contributed by atoms with E-state index in [1.807, 2.05) is 12.1 Å². The van der Waals surface area contributed by atoms with E-state index in [1.54, 1.807) is 6.07 Å². The first-order chi connectivity index (χ1) is 15.7. The molecule has 0 amide bonds. The monoisotopic (exact) mass is 543 g/mol. The molecule has 0 aliphatic rings. The Hall–Kier alpha value is -3.00. The van der Waals surface area contributed by atoms with E-state index in [-0.39, 0.29) is 5.02 Å². The Morgan fingerprint density at radius 1 is 1.18 bits per heavy atom. The van der Waals surface area contributed by atoms with Crippen LogP contribution in [-0.4, -0.2) is 28.5 Å². The third-order valence-electron chi connectivity index (χ3n) is 5.02. The molecule has 4 aromatic rings. The number of halogens is 3. The van der Waals surface area contributed by atoms with Crippen LogP contribution in [0.1, 0.15) is 11.3 Å². The smallest absolute Gasteiger partial charge is 0.141 e. The van der Waals surface area contributed by atoms with Gasteiger partial charge in [-0.1, -0.05) is 31.2 Å². The summed E-state index contributed by atoms with van der Waals surface area (Å²) in [4.78, 5) is 4.44. The molecule has 0 spiro atoms. The lowest BCUT2D eigenvalue weighted by molar-refractivity contribution is 0.628. The third-order valence-corrected chi connectivity index (χ3v) is 7.74.